The van der Waals surface area contributed by atoms with Crippen molar-refractivity contribution in [2.75, 3.05) is 26.7 Å². The van der Waals surface area contributed by atoms with Crippen LogP contribution >= 0.6 is 24.0 Å². The number of esters is 1. The number of furan rings is 1. The number of hydrogen-bond acceptors (Lipinski definition) is 6. The van der Waals surface area contributed by atoms with Gasteiger partial charge in [0.1, 0.15) is 29.2 Å². The van der Waals surface area contributed by atoms with Crippen LogP contribution in [-0.2, 0) is 16.0 Å². The smallest absolute Gasteiger partial charge is 0.407 e. The number of nitrogens with zero attached hydrogens (tertiary/aromatic N) is 2. The molecular formula is C20H33IN4O5. The number of rotatable bonds is 5. The number of carbonyl (C=O) groups is 2. The minimum atomic E-state index is -0.525. The van der Waals surface area contributed by atoms with Crippen molar-refractivity contribution in [2.45, 2.75) is 59.2 Å². The number of aryl methyl sites for hydroxylation is 1. The Kier molecular flexibility index (Phi) is 9.92. The lowest BCUT2D eigenvalue weighted by molar-refractivity contribution is 0.0506. The van der Waals surface area contributed by atoms with E-state index in [4.69, 9.17) is 13.9 Å². The lowest BCUT2D eigenvalue weighted by atomic mass is 10.2. The summed E-state index contributed by atoms with van der Waals surface area (Å²) in [6, 6.07) is 1.65. The second-order valence-electron chi connectivity index (χ2n) is 7.92. The molecule has 1 unspecified atom stereocenters. The van der Waals surface area contributed by atoms with E-state index in [9.17, 15) is 9.59 Å². The Morgan fingerprint density at radius 2 is 2.07 bits per heavy atom. The maximum Gasteiger partial charge on any atom is 0.407 e. The van der Waals surface area contributed by atoms with E-state index in [1.165, 1.54) is 7.11 Å². The van der Waals surface area contributed by atoms with E-state index in [0.717, 1.165) is 18.9 Å². The third kappa shape index (κ3) is 7.69. The van der Waals surface area contributed by atoms with Gasteiger partial charge in [-0.15, -0.1) is 24.0 Å². The van der Waals surface area contributed by atoms with E-state index in [0.29, 0.717) is 36.7 Å². The zero-order valence-electron chi connectivity index (χ0n) is 18.5. The van der Waals surface area contributed by atoms with Crippen LogP contribution in [-0.4, -0.2) is 61.3 Å². The molecule has 1 saturated heterocycles. The van der Waals surface area contributed by atoms with Crippen molar-refractivity contribution >= 4 is 42.0 Å². The molecule has 0 saturated carbocycles. The predicted octanol–water partition coefficient (Wildman–Crippen LogP) is 3.06. The molecule has 1 aromatic heterocycles. The number of aliphatic imine (C=N–C) groups is 1. The first-order chi connectivity index (χ1) is 13.6. The molecular weight excluding hydrogens is 503 g/mol. The number of nitrogens with one attached hydrogen (secondary N) is 2. The van der Waals surface area contributed by atoms with Crippen LogP contribution in [0.4, 0.5) is 4.79 Å². The molecule has 0 aromatic carbocycles. The SMILES string of the molecule is CCNC(=NCc1cc(C(=O)OC)c(C)o1)N1CCC(NC(=O)OC(C)(C)C)C1.I. The molecule has 10 heteroatoms. The maximum absolute atomic E-state index is 12.0. The van der Waals surface area contributed by atoms with E-state index in [2.05, 4.69) is 20.5 Å². The summed E-state index contributed by atoms with van der Waals surface area (Å²) in [4.78, 5) is 30.4. The number of alkyl carbamates (subject to hydrolysis) is 1. The van der Waals surface area contributed by atoms with Crippen LogP contribution in [0.25, 0.3) is 0 Å². The van der Waals surface area contributed by atoms with Crippen molar-refractivity contribution in [2.24, 2.45) is 4.99 Å². The number of halogens is 1. The highest BCUT2D eigenvalue weighted by molar-refractivity contribution is 14.0. The molecule has 1 aliphatic rings. The van der Waals surface area contributed by atoms with Gasteiger partial charge in [-0.05, 0) is 47.1 Å². The molecule has 0 aliphatic carbocycles. The topological polar surface area (TPSA) is 105 Å². The quantitative estimate of drug-likeness (QED) is 0.258. The van der Waals surface area contributed by atoms with Gasteiger partial charge < -0.3 is 29.4 Å². The van der Waals surface area contributed by atoms with E-state index < -0.39 is 17.7 Å². The summed E-state index contributed by atoms with van der Waals surface area (Å²) < 4.78 is 15.7. The van der Waals surface area contributed by atoms with Gasteiger partial charge in [-0.25, -0.2) is 14.6 Å². The lowest BCUT2D eigenvalue weighted by Crippen LogP contribution is -2.44. The van der Waals surface area contributed by atoms with Gasteiger partial charge in [0.2, 0.25) is 0 Å². The van der Waals surface area contributed by atoms with Crippen molar-refractivity contribution in [3.63, 3.8) is 0 Å². The van der Waals surface area contributed by atoms with Crippen molar-refractivity contribution in [3.05, 3.63) is 23.2 Å². The normalized spacial score (nSPS) is 16.7. The Morgan fingerprint density at radius 1 is 1.37 bits per heavy atom. The van der Waals surface area contributed by atoms with Crippen LogP contribution in [0.15, 0.2) is 15.5 Å². The lowest BCUT2D eigenvalue weighted by Gasteiger charge is -2.23. The summed E-state index contributed by atoms with van der Waals surface area (Å²) in [7, 11) is 1.34. The zero-order chi connectivity index (χ0) is 21.6. The summed E-state index contributed by atoms with van der Waals surface area (Å²) in [5, 5.41) is 6.17. The molecule has 1 fully saturated rings. The van der Waals surface area contributed by atoms with Gasteiger partial charge in [-0.3, -0.25) is 0 Å². The monoisotopic (exact) mass is 536 g/mol. The minimum absolute atomic E-state index is 0. The van der Waals surface area contributed by atoms with Crippen LogP contribution < -0.4 is 10.6 Å². The van der Waals surface area contributed by atoms with Crippen LogP contribution in [0.5, 0.6) is 0 Å². The maximum atomic E-state index is 12.0. The van der Waals surface area contributed by atoms with Gasteiger partial charge in [-0.2, -0.15) is 0 Å². The van der Waals surface area contributed by atoms with Crippen LogP contribution in [0.1, 0.15) is 56.0 Å². The van der Waals surface area contributed by atoms with Crippen LogP contribution in [0.3, 0.4) is 0 Å². The third-order valence-corrected chi connectivity index (χ3v) is 4.30. The fourth-order valence-corrected chi connectivity index (χ4v) is 3.06. The molecule has 0 radical (unpaired) electrons. The fraction of sp³-hybridized carbons (Fsp3) is 0.650. The first-order valence-corrected chi connectivity index (χ1v) is 9.83. The number of hydrogen-bond donors (Lipinski definition) is 2. The van der Waals surface area contributed by atoms with E-state index in [1.807, 2.05) is 27.7 Å². The molecule has 1 aromatic rings. The fourth-order valence-electron chi connectivity index (χ4n) is 3.06. The molecule has 9 nitrogen and oxygen atoms in total. The summed E-state index contributed by atoms with van der Waals surface area (Å²) in [5.41, 5.74) is -0.117. The number of ether oxygens (including phenoxy) is 2. The molecule has 2 rings (SSSR count). The Hall–Kier alpha value is -1.98. The summed E-state index contributed by atoms with van der Waals surface area (Å²) in [6.07, 6.45) is 0.392. The molecule has 1 amide bonds. The van der Waals surface area contributed by atoms with Gasteiger partial charge in [0.25, 0.3) is 0 Å². The number of carbonyl (C=O) groups excluding carboxylic acids is 2. The summed E-state index contributed by atoms with van der Waals surface area (Å²) in [5.74, 6) is 1.40. The number of likely N-dealkylation sites (tertiary alicyclic amines) is 1. The van der Waals surface area contributed by atoms with Crippen LogP contribution in [0, 0.1) is 6.92 Å². The molecule has 0 bridgehead atoms. The van der Waals surface area contributed by atoms with E-state index in [1.54, 1.807) is 13.0 Å². The third-order valence-electron chi connectivity index (χ3n) is 4.30. The van der Waals surface area contributed by atoms with Crippen LogP contribution in [0.2, 0.25) is 0 Å². The van der Waals surface area contributed by atoms with Crippen molar-refractivity contribution in [3.8, 4) is 0 Å². The first-order valence-electron chi connectivity index (χ1n) is 9.83. The van der Waals surface area contributed by atoms with Gasteiger partial charge in [0, 0.05) is 19.6 Å². The number of guanidine groups is 1. The molecule has 1 aliphatic heterocycles. The van der Waals surface area contributed by atoms with Gasteiger partial charge in [0.05, 0.1) is 13.2 Å². The average Bonchev–Trinajstić information content (AvgIpc) is 3.22. The number of amides is 1. The summed E-state index contributed by atoms with van der Waals surface area (Å²) in [6.45, 7) is 11.6. The Balaban J connectivity index is 0.00000450. The van der Waals surface area contributed by atoms with Crippen molar-refractivity contribution in [1.82, 2.24) is 15.5 Å². The van der Waals surface area contributed by atoms with Gasteiger partial charge >= 0.3 is 12.1 Å². The van der Waals surface area contributed by atoms with E-state index >= 15 is 0 Å². The molecule has 0 spiro atoms. The van der Waals surface area contributed by atoms with Gasteiger partial charge in [-0.1, -0.05) is 0 Å². The largest absolute Gasteiger partial charge is 0.465 e. The van der Waals surface area contributed by atoms with Crippen molar-refractivity contribution < 1.29 is 23.5 Å². The molecule has 170 valence electrons. The Bertz CT molecular complexity index is 757. The van der Waals surface area contributed by atoms with E-state index in [-0.39, 0.29) is 30.0 Å². The highest BCUT2D eigenvalue weighted by Gasteiger charge is 2.28. The average molecular weight is 536 g/mol. The second kappa shape index (κ2) is 11.4. The second-order valence-corrected chi connectivity index (χ2v) is 7.92. The molecule has 2 heterocycles. The molecule has 30 heavy (non-hydrogen) atoms. The zero-order valence-corrected chi connectivity index (χ0v) is 20.9. The summed E-state index contributed by atoms with van der Waals surface area (Å²) >= 11 is 0. The van der Waals surface area contributed by atoms with Crippen molar-refractivity contribution in [1.29, 1.82) is 0 Å². The Morgan fingerprint density at radius 3 is 2.67 bits per heavy atom. The predicted molar refractivity (Wildman–Crippen MR) is 124 cm³/mol. The first kappa shape index (κ1) is 26.1. The molecule has 2 N–H and O–H groups in total. The Labute approximate surface area is 195 Å². The standard InChI is InChI=1S/C20H32N4O5.HI/c1-7-21-18(22-11-15-10-16(13(2)28-15)17(25)27-6)24-9-8-14(12-24)23-19(26)29-20(3,4)5;/h10,14H,7-9,11-12H2,1-6H3,(H,21,22)(H,23,26);1H. The van der Waals surface area contributed by atoms with Gasteiger partial charge in [0.15, 0.2) is 5.96 Å². The highest BCUT2D eigenvalue weighted by atomic mass is 127. The number of methoxy groups -OCH3 is 1. The highest BCUT2D eigenvalue weighted by Crippen LogP contribution is 2.17. The molecule has 1 atom stereocenters. The minimum Gasteiger partial charge on any atom is -0.465 e.